The second-order valence-corrected chi connectivity index (χ2v) is 5.38. The highest BCUT2D eigenvalue weighted by molar-refractivity contribution is 9.10. The summed E-state index contributed by atoms with van der Waals surface area (Å²) in [6.45, 7) is 0. The average Bonchev–Trinajstić information content (AvgIpc) is 2.40. The molecule has 2 aromatic carbocycles. The molecule has 0 aromatic heterocycles. The van der Waals surface area contributed by atoms with Crippen LogP contribution in [0.3, 0.4) is 0 Å². The molecule has 2 aromatic rings. The van der Waals surface area contributed by atoms with Crippen LogP contribution in [0.1, 0.15) is 17.2 Å². The Kier molecular flexibility index (Phi) is 4.62. The first-order valence-electron chi connectivity index (χ1n) is 5.60. The molecule has 6 heteroatoms. The topological polar surface area (TPSA) is 29.5 Å². The van der Waals surface area contributed by atoms with Gasteiger partial charge in [-0.1, -0.05) is 17.7 Å². The van der Waals surface area contributed by atoms with Gasteiger partial charge in [-0.2, -0.15) is 0 Å². The van der Waals surface area contributed by atoms with Crippen LogP contribution in [0.4, 0.5) is 8.78 Å². The predicted octanol–water partition coefficient (Wildman–Crippen LogP) is 4.47. The van der Waals surface area contributed by atoms with Gasteiger partial charge >= 0.3 is 0 Å². The lowest BCUT2D eigenvalue weighted by atomic mass is 10.0. The zero-order valence-electron chi connectivity index (χ0n) is 10.3. The van der Waals surface area contributed by atoms with Crippen molar-refractivity contribution in [1.82, 2.24) is 0 Å². The van der Waals surface area contributed by atoms with Crippen LogP contribution in [0.5, 0.6) is 5.75 Å². The molecule has 0 saturated carbocycles. The molecular formula is C14H10BrClF2O2. The van der Waals surface area contributed by atoms with E-state index < -0.39 is 17.7 Å². The average molecular weight is 364 g/mol. The van der Waals surface area contributed by atoms with Crippen molar-refractivity contribution >= 4 is 27.5 Å². The molecule has 2 nitrogen and oxygen atoms in total. The van der Waals surface area contributed by atoms with E-state index in [1.54, 1.807) is 6.07 Å². The number of hydrogen-bond donors (Lipinski definition) is 1. The number of ether oxygens (including phenoxy) is 1. The Labute approximate surface area is 128 Å². The molecule has 0 heterocycles. The van der Waals surface area contributed by atoms with Crippen LogP contribution in [-0.4, -0.2) is 12.2 Å². The van der Waals surface area contributed by atoms with Crippen LogP contribution in [0, 0.1) is 11.6 Å². The monoisotopic (exact) mass is 362 g/mol. The second kappa shape index (κ2) is 6.08. The molecule has 0 aliphatic carbocycles. The highest BCUT2D eigenvalue weighted by Crippen LogP contribution is 2.38. The minimum Gasteiger partial charge on any atom is -0.495 e. The lowest BCUT2D eigenvalue weighted by Crippen LogP contribution is -2.04. The first kappa shape index (κ1) is 15.2. The van der Waals surface area contributed by atoms with Crippen molar-refractivity contribution in [2.45, 2.75) is 6.10 Å². The SMILES string of the molecule is COc1c(Br)cc(Cl)cc1C(O)c1ccc(F)c(F)c1. The van der Waals surface area contributed by atoms with Gasteiger partial charge < -0.3 is 9.84 Å². The standard InChI is InChI=1S/C14H10BrClF2O2/c1-20-14-9(5-8(16)6-10(14)15)13(19)7-2-3-11(17)12(18)4-7/h2-6,13,19H,1H3. The molecule has 0 amide bonds. The summed E-state index contributed by atoms with van der Waals surface area (Å²) in [4.78, 5) is 0. The van der Waals surface area contributed by atoms with Crippen LogP contribution >= 0.6 is 27.5 Å². The number of aliphatic hydroxyl groups is 1. The zero-order valence-corrected chi connectivity index (χ0v) is 12.7. The van der Waals surface area contributed by atoms with Crippen molar-refractivity contribution in [2.75, 3.05) is 7.11 Å². The summed E-state index contributed by atoms with van der Waals surface area (Å²) in [7, 11) is 1.44. The number of hydrogen-bond acceptors (Lipinski definition) is 2. The van der Waals surface area contributed by atoms with Crippen molar-refractivity contribution in [1.29, 1.82) is 0 Å². The first-order chi connectivity index (χ1) is 9.43. The molecule has 0 aliphatic heterocycles. The largest absolute Gasteiger partial charge is 0.495 e. The third-order valence-corrected chi connectivity index (χ3v) is 3.60. The molecule has 106 valence electrons. The fourth-order valence-electron chi connectivity index (χ4n) is 1.86. The Bertz CT molecular complexity index is 649. The van der Waals surface area contributed by atoms with E-state index in [0.717, 1.165) is 12.1 Å². The molecule has 2 rings (SSSR count). The van der Waals surface area contributed by atoms with Crippen molar-refractivity contribution in [3.05, 3.63) is 62.6 Å². The fraction of sp³-hybridized carbons (Fsp3) is 0.143. The van der Waals surface area contributed by atoms with Crippen LogP contribution in [0.15, 0.2) is 34.8 Å². The number of methoxy groups -OCH3 is 1. The lowest BCUT2D eigenvalue weighted by molar-refractivity contribution is 0.214. The van der Waals surface area contributed by atoms with E-state index in [4.69, 9.17) is 16.3 Å². The van der Waals surface area contributed by atoms with Gasteiger partial charge in [-0.15, -0.1) is 0 Å². The number of rotatable bonds is 3. The summed E-state index contributed by atoms with van der Waals surface area (Å²) < 4.78 is 31.9. The maximum absolute atomic E-state index is 13.2. The number of halogens is 4. The molecule has 0 saturated heterocycles. The minimum absolute atomic E-state index is 0.205. The summed E-state index contributed by atoms with van der Waals surface area (Å²) in [5.41, 5.74) is 0.564. The van der Waals surface area contributed by atoms with Crippen molar-refractivity contribution in [3.8, 4) is 5.75 Å². The molecule has 0 bridgehead atoms. The van der Waals surface area contributed by atoms with E-state index in [0.29, 0.717) is 20.8 Å². The van der Waals surface area contributed by atoms with Gasteiger partial charge in [-0.05, 0) is 45.8 Å². The van der Waals surface area contributed by atoms with Gasteiger partial charge in [-0.25, -0.2) is 8.78 Å². The highest BCUT2D eigenvalue weighted by atomic mass is 79.9. The Morgan fingerprint density at radius 2 is 1.90 bits per heavy atom. The van der Waals surface area contributed by atoms with Gasteiger partial charge in [0.05, 0.1) is 11.6 Å². The van der Waals surface area contributed by atoms with Gasteiger partial charge in [-0.3, -0.25) is 0 Å². The quantitative estimate of drug-likeness (QED) is 0.872. The summed E-state index contributed by atoms with van der Waals surface area (Å²) in [5.74, 6) is -1.62. The molecule has 1 unspecified atom stereocenters. The molecule has 0 radical (unpaired) electrons. The molecule has 0 aliphatic rings. The van der Waals surface area contributed by atoms with Crippen molar-refractivity contribution in [2.24, 2.45) is 0 Å². The van der Waals surface area contributed by atoms with E-state index in [-0.39, 0.29) is 5.56 Å². The van der Waals surface area contributed by atoms with Crippen LogP contribution in [0.2, 0.25) is 5.02 Å². The maximum atomic E-state index is 13.2. The molecule has 1 N–H and O–H groups in total. The third-order valence-electron chi connectivity index (χ3n) is 2.80. The van der Waals surface area contributed by atoms with E-state index >= 15 is 0 Å². The number of aliphatic hydroxyl groups excluding tert-OH is 1. The Hall–Kier alpha value is -1.17. The molecular weight excluding hydrogens is 354 g/mol. The maximum Gasteiger partial charge on any atom is 0.159 e. The van der Waals surface area contributed by atoms with E-state index in [1.807, 2.05) is 0 Å². The summed E-state index contributed by atoms with van der Waals surface area (Å²) in [6.07, 6.45) is -1.19. The highest BCUT2D eigenvalue weighted by Gasteiger charge is 2.20. The summed E-state index contributed by atoms with van der Waals surface area (Å²) >= 11 is 9.21. The van der Waals surface area contributed by atoms with Gasteiger partial charge in [0.2, 0.25) is 0 Å². The van der Waals surface area contributed by atoms with Crippen molar-refractivity contribution in [3.63, 3.8) is 0 Å². The van der Waals surface area contributed by atoms with Gasteiger partial charge in [0.25, 0.3) is 0 Å². The zero-order chi connectivity index (χ0) is 14.9. The molecule has 0 spiro atoms. The predicted molar refractivity (Wildman–Crippen MR) is 76.1 cm³/mol. The van der Waals surface area contributed by atoms with Gasteiger partial charge in [0.15, 0.2) is 11.6 Å². The van der Waals surface area contributed by atoms with Crippen LogP contribution in [-0.2, 0) is 0 Å². The Morgan fingerprint density at radius 3 is 2.50 bits per heavy atom. The summed E-state index contributed by atoms with van der Waals surface area (Å²) in [6, 6.07) is 6.32. The number of benzene rings is 2. The second-order valence-electron chi connectivity index (χ2n) is 4.09. The van der Waals surface area contributed by atoms with Gasteiger partial charge in [0, 0.05) is 10.6 Å². The van der Waals surface area contributed by atoms with Crippen LogP contribution < -0.4 is 4.74 Å². The molecule has 0 fully saturated rings. The smallest absolute Gasteiger partial charge is 0.159 e. The van der Waals surface area contributed by atoms with E-state index in [9.17, 15) is 13.9 Å². The Balaban J connectivity index is 2.52. The lowest BCUT2D eigenvalue weighted by Gasteiger charge is -2.17. The van der Waals surface area contributed by atoms with Crippen molar-refractivity contribution < 1.29 is 18.6 Å². The van der Waals surface area contributed by atoms with Crippen LogP contribution in [0.25, 0.3) is 0 Å². The van der Waals surface area contributed by atoms with E-state index in [2.05, 4.69) is 15.9 Å². The first-order valence-corrected chi connectivity index (χ1v) is 6.77. The fourth-order valence-corrected chi connectivity index (χ4v) is 2.86. The third kappa shape index (κ3) is 2.95. The minimum atomic E-state index is -1.19. The molecule has 20 heavy (non-hydrogen) atoms. The van der Waals surface area contributed by atoms with E-state index in [1.165, 1.54) is 19.2 Å². The Morgan fingerprint density at radius 1 is 1.20 bits per heavy atom. The van der Waals surface area contributed by atoms with Gasteiger partial charge in [0.1, 0.15) is 11.9 Å². The normalized spacial score (nSPS) is 12.3. The molecule has 1 atom stereocenters. The summed E-state index contributed by atoms with van der Waals surface area (Å²) in [5, 5.41) is 10.7.